The maximum atomic E-state index is 10.8. The molecule has 0 spiro atoms. The van der Waals surface area contributed by atoms with Crippen LogP contribution in [0.2, 0.25) is 0 Å². The van der Waals surface area contributed by atoms with E-state index in [-0.39, 0.29) is 5.91 Å². The van der Waals surface area contributed by atoms with Crippen molar-refractivity contribution in [3.8, 4) is 0 Å². The van der Waals surface area contributed by atoms with Crippen LogP contribution in [0.3, 0.4) is 0 Å². The summed E-state index contributed by atoms with van der Waals surface area (Å²) in [5.41, 5.74) is 0. The Labute approximate surface area is 54.6 Å². The molecule has 0 aromatic heterocycles. The van der Waals surface area contributed by atoms with Gasteiger partial charge in [0, 0.05) is 14.1 Å². The molecule has 3 heteroatoms. The standard InChI is InChI=1S/C6H11NO2/c1-5(4-8)6(9)7(2)3/h4-5H,1-3H3. The van der Waals surface area contributed by atoms with Crippen LogP contribution in [-0.4, -0.2) is 31.2 Å². The summed E-state index contributed by atoms with van der Waals surface area (Å²) < 4.78 is 0. The van der Waals surface area contributed by atoms with Gasteiger partial charge < -0.3 is 9.69 Å². The second-order valence-electron chi connectivity index (χ2n) is 2.16. The molecule has 0 saturated carbocycles. The van der Waals surface area contributed by atoms with Crippen molar-refractivity contribution in [3.05, 3.63) is 0 Å². The molecule has 9 heavy (non-hydrogen) atoms. The van der Waals surface area contributed by atoms with E-state index < -0.39 is 5.92 Å². The van der Waals surface area contributed by atoms with E-state index in [1.165, 1.54) is 4.90 Å². The van der Waals surface area contributed by atoms with Crippen LogP contribution in [0.15, 0.2) is 0 Å². The van der Waals surface area contributed by atoms with E-state index in [0.29, 0.717) is 6.29 Å². The highest BCUT2D eigenvalue weighted by atomic mass is 16.2. The van der Waals surface area contributed by atoms with Crippen LogP contribution in [0.25, 0.3) is 0 Å². The third-order valence-electron chi connectivity index (χ3n) is 1.03. The van der Waals surface area contributed by atoms with Crippen molar-refractivity contribution in [1.29, 1.82) is 0 Å². The highest BCUT2D eigenvalue weighted by Crippen LogP contribution is 1.92. The average Bonchev–Trinajstić information content (AvgIpc) is 1.84. The van der Waals surface area contributed by atoms with Gasteiger partial charge in [-0.2, -0.15) is 0 Å². The van der Waals surface area contributed by atoms with E-state index in [1.807, 2.05) is 0 Å². The van der Waals surface area contributed by atoms with Crippen LogP contribution in [-0.2, 0) is 9.59 Å². The SMILES string of the molecule is CC(C=O)C(=O)N(C)C. The van der Waals surface area contributed by atoms with Crippen molar-refractivity contribution in [2.75, 3.05) is 14.1 Å². The van der Waals surface area contributed by atoms with Crippen molar-refractivity contribution >= 4 is 12.2 Å². The molecule has 0 rings (SSSR count). The lowest BCUT2D eigenvalue weighted by Gasteiger charge is -2.10. The van der Waals surface area contributed by atoms with Crippen LogP contribution in [0.1, 0.15) is 6.92 Å². The smallest absolute Gasteiger partial charge is 0.232 e. The number of nitrogens with zero attached hydrogens (tertiary/aromatic N) is 1. The van der Waals surface area contributed by atoms with Crippen molar-refractivity contribution in [1.82, 2.24) is 4.90 Å². The number of carbonyl (C=O) groups is 2. The summed E-state index contributed by atoms with van der Waals surface area (Å²) in [6.07, 6.45) is 0.641. The van der Waals surface area contributed by atoms with E-state index in [9.17, 15) is 9.59 Å². The highest BCUT2D eigenvalue weighted by Gasteiger charge is 2.12. The van der Waals surface area contributed by atoms with Gasteiger partial charge in [-0.25, -0.2) is 0 Å². The van der Waals surface area contributed by atoms with Crippen molar-refractivity contribution in [2.24, 2.45) is 5.92 Å². The van der Waals surface area contributed by atoms with Crippen LogP contribution in [0.5, 0.6) is 0 Å². The lowest BCUT2D eigenvalue weighted by atomic mass is 10.2. The zero-order valence-corrected chi connectivity index (χ0v) is 5.92. The first-order valence-corrected chi connectivity index (χ1v) is 2.76. The maximum Gasteiger partial charge on any atom is 0.232 e. The molecule has 0 aliphatic carbocycles. The molecule has 0 N–H and O–H groups in total. The number of hydrogen-bond acceptors (Lipinski definition) is 2. The van der Waals surface area contributed by atoms with Gasteiger partial charge in [0.1, 0.15) is 6.29 Å². The van der Waals surface area contributed by atoms with Crippen molar-refractivity contribution < 1.29 is 9.59 Å². The molecular weight excluding hydrogens is 118 g/mol. The molecule has 0 aliphatic rings. The van der Waals surface area contributed by atoms with Crippen molar-refractivity contribution in [2.45, 2.75) is 6.92 Å². The largest absolute Gasteiger partial charge is 0.348 e. The Kier molecular flexibility index (Phi) is 2.91. The first kappa shape index (κ1) is 8.14. The van der Waals surface area contributed by atoms with Gasteiger partial charge in [0.15, 0.2) is 0 Å². The molecule has 52 valence electrons. The molecule has 1 amide bonds. The van der Waals surface area contributed by atoms with Gasteiger partial charge in [0.05, 0.1) is 5.92 Å². The predicted octanol–water partition coefficient (Wildman–Crippen LogP) is -0.0904. The molecular formula is C6H11NO2. The summed E-state index contributed by atoms with van der Waals surface area (Å²) in [7, 11) is 3.25. The minimum absolute atomic E-state index is 0.148. The van der Waals surface area contributed by atoms with Gasteiger partial charge in [-0.1, -0.05) is 0 Å². The van der Waals surface area contributed by atoms with E-state index in [2.05, 4.69) is 0 Å². The lowest BCUT2D eigenvalue weighted by Crippen LogP contribution is -2.28. The van der Waals surface area contributed by atoms with Gasteiger partial charge in [-0.3, -0.25) is 4.79 Å². The maximum absolute atomic E-state index is 10.8. The number of amides is 1. The van der Waals surface area contributed by atoms with E-state index in [1.54, 1.807) is 21.0 Å². The molecule has 3 nitrogen and oxygen atoms in total. The molecule has 0 fully saturated rings. The zero-order valence-electron chi connectivity index (χ0n) is 5.92. The normalized spacial score (nSPS) is 12.3. The highest BCUT2D eigenvalue weighted by molar-refractivity contribution is 5.90. The topological polar surface area (TPSA) is 37.4 Å². The summed E-state index contributed by atoms with van der Waals surface area (Å²) in [6, 6.07) is 0. The fraction of sp³-hybridized carbons (Fsp3) is 0.667. The third kappa shape index (κ3) is 2.26. The molecule has 1 atom stereocenters. The predicted molar refractivity (Wildman–Crippen MR) is 33.9 cm³/mol. The van der Waals surface area contributed by atoms with Crippen LogP contribution >= 0.6 is 0 Å². The van der Waals surface area contributed by atoms with Gasteiger partial charge >= 0.3 is 0 Å². The third-order valence-corrected chi connectivity index (χ3v) is 1.03. The monoisotopic (exact) mass is 129 g/mol. The Hall–Kier alpha value is -0.860. The number of aldehydes is 1. The first-order valence-electron chi connectivity index (χ1n) is 2.76. The first-order chi connectivity index (χ1) is 4.09. The summed E-state index contributed by atoms with van der Waals surface area (Å²) in [5.74, 6) is -0.648. The fourth-order valence-corrected chi connectivity index (χ4v) is 0.465. The van der Waals surface area contributed by atoms with Crippen LogP contribution < -0.4 is 0 Å². The molecule has 0 aromatic rings. The summed E-state index contributed by atoms with van der Waals surface area (Å²) >= 11 is 0. The van der Waals surface area contributed by atoms with Gasteiger partial charge in [-0.05, 0) is 6.92 Å². The van der Waals surface area contributed by atoms with Crippen molar-refractivity contribution in [3.63, 3.8) is 0 Å². The zero-order chi connectivity index (χ0) is 7.44. The Morgan fingerprint density at radius 3 is 2.11 bits per heavy atom. The van der Waals surface area contributed by atoms with E-state index in [4.69, 9.17) is 0 Å². The Morgan fingerprint density at radius 1 is 1.56 bits per heavy atom. The lowest BCUT2D eigenvalue weighted by molar-refractivity contribution is -0.135. The summed E-state index contributed by atoms with van der Waals surface area (Å²) in [6.45, 7) is 1.58. The quantitative estimate of drug-likeness (QED) is 0.386. The second-order valence-corrected chi connectivity index (χ2v) is 2.16. The number of hydrogen-bond donors (Lipinski definition) is 0. The number of carbonyl (C=O) groups excluding carboxylic acids is 2. The average molecular weight is 129 g/mol. The minimum Gasteiger partial charge on any atom is -0.348 e. The Bertz CT molecular complexity index is 120. The Balaban J connectivity index is 3.87. The fourth-order valence-electron chi connectivity index (χ4n) is 0.465. The second kappa shape index (κ2) is 3.22. The van der Waals surface area contributed by atoms with Crippen LogP contribution in [0, 0.1) is 5.92 Å². The summed E-state index contributed by atoms with van der Waals surface area (Å²) in [5, 5.41) is 0. The molecule has 0 bridgehead atoms. The Morgan fingerprint density at radius 2 is 2.00 bits per heavy atom. The van der Waals surface area contributed by atoms with E-state index in [0.717, 1.165) is 0 Å². The van der Waals surface area contributed by atoms with E-state index >= 15 is 0 Å². The molecule has 1 unspecified atom stereocenters. The van der Waals surface area contributed by atoms with Gasteiger partial charge in [0.25, 0.3) is 0 Å². The minimum atomic E-state index is -0.500. The molecule has 0 aliphatic heterocycles. The molecule has 0 saturated heterocycles. The summed E-state index contributed by atoms with van der Waals surface area (Å²) in [4.78, 5) is 22.2. The molecule has 0 radical (unpaired) electrons. The van der Waals surface area contributed by atoms with Gasteiger partial charge in [-0.15, -0.1) is 0 Å². The molecule has 0 heterocycles. The van der Waals surface area contributed by atoms with Gasteiger partial charge in [0.2, 0.25) is 5.91 Å². The number of rotatable bonds is 2. The molecule has 0 aromatic carbocycles. The van der Waals surface area contributed by atoms with Crippen LogP contribution in [0.4, 0.5) is 0 Å².